The standard InChI is InChI=1S/C8H13NO3.2H3N/c9-7(10)5-3-1-2-4-6(5)8(11)12;;/h5-6H,1-4H2,(H2,9,10)(H,11,12);2*1H3. The summed E-state index contributed by atoms with van der Waals surface area (Å²) in [5.74, 6) is -2.82. The van der Waals surface area contributed by atoms with Crippen molar-refractivity contribution in [2.45, 2.75) is 25.7 Å². The number of carboxylic acid groups (broad SMARTS) is 1. The van der Waals surface area contributed by atoms with E-state index in [9.17, 15) is 14.7 Å². The molecule has 0 spiro atoms. The van der Waals surface area contributed by atoms with Crippen LogP contribution in [0.2, 0.25) is 0 Å². The van der Waals surface area contributed by atoms with E-state index in [-0.39, 0.29) is 12.3 Å². The second kappa shape index (κ2) is 6.33. The van der Waals surface area contributed by atoms with E-state index >= 15 is 0 Å². The van der Waals surface area contributed by atoms with Crippen LogP contribution in [0.25, 0.3) is 0 Å². The van der Waals surface area contributed by atoms with Gasteiger partial charge in [-0.25, -0.2) is 0 Å². The third kappa shape index (κ3) is 3.31. The summed E-state index contributed by atoms with van der Waals surface area (Å²) in [6.45, 7) is 0. The summed E-state index contributed by atoms with van der Waals surface area (Å²) < 4.78 is 0. The Morgan fingerprint density at radius 3 is 1.86 bits per heavy atom. The number of aliphatic carboxylic acids is 1. The average Bonchev–Trinajstić information content (AvgIpc) is 2.04. The molecule has 0 saturated heterocycles. The van der Waals surface area contributed by atoms with Gasteiger partial charge in [0.1, 0.15) is 0 Å². The molecule has 6 nitrogen and oxygen atoms in total. The number of carboxylic acids is 1. The molecule has 0 bridgehead atoms. The predicted octanol–water partition coefficient (Wildman–Crippen LogP) is -0.434. The van der Waals surface area contributed by atoms with E-state index in [1.165, 1.54) is 0 Å². The van der Waals surface area contributed by atoms with Crippen molar-refractivity contribution < 1.29 is 14.7 Å². The fourth-order valence-electron chi connectivity index (χ4n) is 1.75. The molecule has 1 aliphatic carbocycles. The second-order valence-electron chi connectivity index (χ2n) is 3.22. The van der Waals surface area contributed by atoms with Crippen molar-refractivity contribution in [3.63, 3.8) is 0 Å². The molecule has 0 radical (unpaired) electrons. The summed E-state index contributed by atoms with van der Waals surface area (Å²) in [5, 5.41) is 10.6. The van der Waals surface area contributed by atoms with Crippen molar-refractivity contribution in [2.24, 2.45) is 17.6 Å². The van der Waals surface area contributed by atoms with Crippen molar-refractivity contribution in [2.75, 3.05) is 0 Å². The van der Waals surface area contributed by atoms with Crippen LogP contribution in [0.3, 0.4) is 0 Å². The first-order chi connectivity index (χ1) is 5.63. The van der Waals surface area contributed by atoms with Crippen molar-refractivity contribution in [1.29, 1.82) is 0 Å². The topological polar surface area (TPSA) is 155 Å². The number of amides is 1. The van der Waals surface area contributed by atoms with Gasteiger partial charge in [0, 0.05) is 17.8 Å². The Hall–Kier alpha value is -1.14. The quantitative estimate of drug-likeness (QED) is 0.559. The molecule has 84 valence electrons. The van der Waals surface area contributed by atoms with Gasteiger partial charge in [0.15, 0.2) is 0 Å². The van der Waals surface area contributed by atoms with Gasteiger partial charge in [0.05, 0.1) is 0 Å². The number of nitrogens with two attached hydrogens (primary N) is 1. The van der Waals surface area contributed by atoms with E-state index in [0.717, 1.165) is 12.8 Å². The zero-order valence-corrected chi connectivity index (χ0v) is 8.49. The first-order valence-corrected chi connectivity index (χ1v) is 4.13. The van der Waals surface area contributed by atoms with Crippen LogP contribution < -0.4 is 23.1 Å². The van der Waals surface area contributed by atoms with Gasteiger partial charge in [0.25, 0.3) is 0 Å². The molecular weight excluding hydrogens is 186 g/mol. The molecule has 1 amide bonds. The molecule has 1 saturated carbocycles. The molecule has 0 aromatic heterocycles. The fraction of sp³-hybridized carbons (Fsp3) is 0.750. The molecule has 1 rings (SSSR count). The highest BCUT2D eigenvalue weighted by atomic mass is 16.4. The number of quaternary nitrogens is 1. The Balaban J connectivity index is 0. The lowest BCUT2D eigenvalue weighted by atomic mass is 9.79. The second-order valence-corrected chi connectivity index (χ2v) is 3.22. The van der Waals surface area contributed by atoms with Gasteiger partial charge in [-0.15, -0.1) is 0 Å². The molecule has 0 aromatic carbocycles. The molecule has 1 fully saturated rings. The summed E-state index contributed by atoms with van der Waals surface area (Å²) >= 11 is 0. The fourth-order valence-corrected chi connectivity index (χ4v) is 1.75. The molecule has 6 heteroatoms. The smallest absolute Gasteiger partial charge is 0.221 e. The van der Waals surface area contributed by atoms with Gasteiger partial charge >= 0.3 is 0 Å². The van der Waals surface area contributed by atoms with E-state index in [0.29, 0.717) is 12.8 Å². The lowest BCUT2D eigenvalue weighted by Gasteiger charge is -2.29. The monoisotopic (exact) mass is 205 g/mol. The molecule has 0 heterocycles. The van der Waals surface area contributed by atoms with Crippen LogP contribution in [0.1, 0.15) is 25.7 Å². The molecule has 2 atom stereocenters. The Morgan fingerprint density at radius 2 is 1.57 bits per heavy atom. The number of carbonyl (C=O) groups excluding carboxylic acids is 2. The Labute approximate surface area is 83.0 Å². The SMILES string of the molecule is N.NC(=O)C1CCCCC1C(=O)[O-].[NH4+]. The van der Waals surface area contributed by atoms with E-state index in [1.807, 2.05) is 0 Å². The zero-order chi connectivity index (χ0) is 9.14. The van der Waals surface area contributed by atoms with Crippen molar-refractivity contribution in [3.05, 3.63) is 0 Å². The average molecular weight is 205 g/mol. The first kappa shape index (κ1) is 15.3. The lowest BCUT2D eigenvalue weighted by molar-refractivity contribution is -0.313. The largest absolute Gasteiger partial charge is 0.550 e. The van der Waals surface area contributed by atoms with E-state index in [1.54, 1.807) is 0 Å². The minimum absolute atomic E-state index is 0. The highest BCUT2D eigenvalue weighted by Crippen LogP contribution is 2.29. The van der Waals surface area contributed by atoms with Crippen molar-refractivity contribution in [1.82, 2.24) is 12.3 Å². The van der Waals surface area contributed by atoms with Gasteiger partial charge in [-0.2, -0.15) is 0 Å². The van der Waals surface area contributed by atoms with Crippen molar-refractivity contribution >= 4 is 11.9 Å². The Morgan fingerprint density at radius 1 is 1.14 bits per heavy atom. The van der Waals surface area contributed by atoms with E-state index in [4.69, 9.17) is 5.73 Å². The van der Waals surface area contributed by atoms with E-state index in [2.05, 4.69) is 0 Å². The molecule has 0 aromatic rings. The summed E-state index contributed by atoms with van der Waals surface area (Å²) in [5.41, 5.74) is 5.07. The molecule has 14 heavy (non-hydrogen) atoms. The maximum Gasteiger partial charge on any atom is 0.221 e. The minimum atomic E-state index is -1.14. The van der Waals surface area contributed by atoms with Crippen LogP contribution >= 0.6 is 0 Å². The van der Waals surface area contributed by atoms with Crippen LogP contribution in [0, 0.1) is 11.8 Å². The Bertz CT molecular complexity index is 186. The van der Waals surface area contributed by atoms with Gasteiger partial charge in [0.2, 0.25) is 5.91 Å². The number of hydrogen-bond acceptors (Lipinski definition) is 4. The van der Waals surface area contributed by atoms with Crippen LogP contribution in [-0.4, -0.2) is 11.9 Å². The lowest BCUT2D eigenvalue weighted by Crippen LogP contribution is -2.42. The summed E-state index contributed by atoms with van der Waals surface area (Å²) in [7, 11) is 0. The van der Waals surface area contributed by atoms with E-state index < -0.39 is 23.7 Å². The molecule has 9 N–H and O–H groups in total. The third-order valence-corrected chi connectivity index (χ3v) is 2.43. The van der Waals surface area contributed by atoms with Crippen molar-refractivity contribution in [3.8, 4) is 0 Å². The normalized spacial score (nSPS) is 25.4. The summed E-state index contributed by atoms with van der Waals surface area (Å²) in [4.78, 5) is 21.4. The summed E-state index contributed by atoms with van der Waals surface area (Å²) in [6, 6.07) is 0. The molecule has 1 aliphatic rings. The van der Waals surface area contributed by atoms with Gasteiger partial charge in [-0.05, 0) is 12.8 Å². The minimum Gasteiger partial charge on any atom is -0.550 e. The zero-order valence-electron chi connectivity index (χ0n) is 8.49. The molecule has 0 aliphatic heterocycles. The maximum absolute atomic E-state index is 10.8. The Kier molecular flexibility index (Phi) is 6.94. The van der Waals surface area contributed by atoms with Gasteiger partial charge < -0.3 is 27.9 Å². The number of carbonyl (C=O) groups is 2. The predicted molar refractivity (Wildman–Crippen MR) is 50.7 cm³/mol. The molecule has 2 unspecified atom stereocenters. The maximum atomic E-state index is 10.8. The third-order valence-electron chi connectivity index (χ3n) is 2.43. The number of hydrogen-bond donors (Lipinski definition) is 3. The van der Waals surface area contributed by atoms with Gasteiger partial charge in [-0.1, -0.05) is 12.8 Å². The number of rotatable bonds is 2. The highest BCUT2D eigenvalue weighted by molar-refractivity contribution is 5.82. The highest BCUT2D eigenvalue weighted by Gasteiger charge is 2.29. The first-order valence-electron chi connectivity index (χ1n) is 4.13. The van der Waals surface area contributed by atoms with Crippen LogP contribution in [0.5, 0.6) is 0 Å². The van der Waals surface area contributed by atoms with Crippen LogP contribution in [-0.2, 0) is 9.59 Å². The number of primary amides is 1. The van der Waals surface area contributed by atoms with Crippen LogP contribution in [0.15, 0.2) is 0 Å². The summed E-state index contributed by atoms with van der Waals surface area (Å²) in [6.07, 6.45) is 2.85. The van der Waals surface area contributed by atoms with Crippen LogP contribution in [0.4, 0.5) is 0 Å². The van der Waals surface area contributed by atoms with Gasteiger partial charge in [-0.3, -0.25) is 4.79 Å². The molecular formula is C8H19N3O3.